The van der Waals surface area contributed by atoms with E-state index in [1.807, 2.05) is 18.5 Å². The van der Waals surface area contributed by atoms with Gasteiger partial charge in [0.05, 0.1) is 0 Å². The molecule has 206 valence electrons. The van der Waals surface area contributed by atoms with Gasteiger partial charge >= 0.3 is 0 Å². The van der Waals surface area contributed by atoms with Crippen LogP contribution in [0.3, 0.4) is 0 Å². The third-order valence-corrected chi connectivity index (χ3v) is 9.89. The van der Waals surface area contributed by atoms with Crippen molar-refractivity contribution in [2.75, 3.05) is 0 Å². The molecule has 43 heavy (non-hydrogen) atoms. The zero-order valence-electron chi connectivity index (χ0n) is 24.1. The standard InChI is InChI=1S/C40H29NO2/c1-3-40(4-2)31-18-17-28-27-9-5-7-11-33(27)42-38(28)36(31)37-32(40)23-30(35-29-10-6-8-12-34(29)43-39(35)37)26-15-13-24(14-16-26)25-19-21-41-22-20-25/h5-23H,3-4H2,1-2H3. The van der Waals surface area contributed by atoms with Gasteiger partial charge in [0, 0.05) is 50.5 Å². The van der Waals surface area contributed by atoms with E-state index in [9.17, 15) is 0 Å². The van der Waals surface area contributed by atoms with Crippen LogP contribution in [0.5, 0.6) is 0 Å². The molecule has 0 spiro atoms. The highest BCUT2D eigenvalue weighted by Gasteiger charge is 2.44. The molecule has 0 saturated heterocycles. The van der Waals surface area contributed by atoms with Crippen LogP contribution in [0.25, 0.3) is 77.3 Å². The highest BCUT2D eigenvalue weighted by molar-refractivity contribution is 6.21. The number of hydrogen-bond donors (Lipinski definition) is 0. The van der Waals surface area contributed by atoms with Crippen LogP contribution in [-0.2, 0) is 5.41 Å². The molecule has 1 aliphatic carbocycles. The van der Waals surface area contributed by atoms with Crippen molar-refractivity contribution in [3.05, 3.63) is 127 Å². The Bertz CT molecular complexity index is 2350. The van der Waals surface area contributed by atoms with E-state index in [-0.39, 0.29) is 5.41 Å². The van der Waals surface area contributed by atoms with E-state index in [0.29, 0.717) is 0 Å². The Morgan fingerprint density at radius 1 is 0.558 bits per heavy atom. The quantitative estimate of drug-likeness (QED) is 0.217. The predicted octanol–water partition coefficient (Wildman–Crippen LogP) is 11.3. The molecule has 0 fully saturated rings. The molecule has 1 aliphatic rings. The van der Waals surface area contributed by atoms with Crippen molar-refractivity contribution in [3.63, 3.8) is 0 Å². The first-order valence-corrected chi connectivity index (χ1v) is 15.2. The number of rotatable bonds is 4. The number of hydrogen-bond acceptors (Lipinski definition) is 3. The summed E-state index contributed by atoms with van der Waals surface area (Å²) in [4.78, 5) is 4.19. The van der Waals surface area contributed by atoms with E-state index >= 15 is 0 Å². The average molecular weight is 556 g/mol. The molecule has 5 aromatic carbocycles. The van der Waals surface area contributed by atoms with Gasteiger partial charge < -0.3 is 8.83 Å². The van der Waals surface area contributed by atoms with Gasteiger partial charge in [0.15, 0.2) is 0 Å². The monoisotopic (exact) mass is 555 g/mol. The zero-order chi connectivity index (χ0) is 28.7. The summed E-state index contributed by atoms with van der Waals surface area (Å²) < 4.78 is 13.5. The van der Waals surface area contributed by atoms with Crippen molar-refractivity contribution in [3.8, 4) is 33.4 Å². The number of fused-ring (bicyclic) bond motifs is 11. The summed E-state index contributed by atoms with van der Waals surface area (Å²) in [5, 5.41) is 4.60. The molecular formula is C40H29NO2. The Morgan fingerprint density at radius 2 is 1.16 bits per heavy atom. The van der Waals surface area contributed by atoms with Gasteiger partial charge in [0.2, 0.25) is 0 Å². The highest BCUT2D eigenvalue weighted by atomic mass is 16.3. The topological polar surface area (TPSA) is 39.2 Å². The number of benzene rings is 5. The van der Waals surface area contributed by atoms with Crippen LogP contribution in [0.4, 0.5) is 0 Å². The second kappa shape index (κ2) is 8.92. The SMILES string of the molecule is CCC1(CC)c2ccc3c(oc4ccccc43)c2-c2c1cc(-c1ccc(-c3ccncc3)cc1)c1c2oc2ccccc21. The van der Waals surface area contributed by atoms with Gasteiger partial charge in [-0.2, -0.15) is 0 Å². The van der Waals surface area contributed by atoms with Crippen LogP contribution >= 0.6 is 0 Å². The lowest BCUT2D eigenvalue weighted by atomic mass is 9.73. The van der Waals surface area contributed by atoms with E-state index in [0.717, 1.165) is 62.3 Å². The van der Waals surface area contributed by atoms with E-state index in [2.05, 4.69) is 116 Å². The van der Waals surface area contributed by atoms with Gasteiger partial charge in [0.25, 0.3) is 0 Å². The van der Waals surface area contributed by atoms with Gasteiger partial charge in [-0.05, 0) is 76.6 Å². The van der Waals surface area contributed by atoms with Crippen molar-refractivity contribution in [2.45, 2.75) is 32.1 Å². The second-order valence-corrected chi connectivity index (χ2v) is 11.7. The second-order valence-electron chi connectivity index (χ2n) is 11.7. The average Bonchev–Trinajstić information content (AvgIpc) is 3.73. The fraction of sp³-hybridized carbons (Fsp3) is 0.125. The molecule has 3 heterocycles. The van der Waals surface area contributed by atoms with Crippen LogP contribution < -0.4 is 0 Å². The van der Waals surface area contributed by atoms with E-state index < -0.39 is 0 Å². The fourth-order valence-electron chi connectivity index (χ4n) is 7.73. The fourth-order valence-corrected chi connectivity index (χ4v) is 7.73. The van der Waals surface area contributed by atoms with Gasteiger partial charge in [-0.25, -0.2) is 0 Å². The van der Waals surface area contributed by atoms with Gasteiger partial charge in [-0.3, -0.25) is 4.98 Å². The largest absolute Gasteiger partial charge is 0.455 e. The minimum atomic E-state index is -0.142. The first-order chi connectivity index (χ1) is 21.2. The smallest absolute Gasteiger partial charge is 0.144 e. The lowest BCUT2D eigenvalue weighted by Crippen LogP contribution is -2.23. The van der Waals surface area contributed by atoms with Crippen LogP contribution in [0.2, 0.25) is 0 Å². The molecule has 0 unspecified atom stereocenters. The van der Waals surface area contributed by atoms with E-state index in [1.54, 1.807) is 0 Å². The zero-order valence-corrected chi connectivity index (χ0v) is 24.1. The highest BCUT2D eigenvalue weighted by Crippen LogP contribution is 2.59. The number of nitrogens with zero attached hydrogens (tertiary/aromatic N) is 1. The molecule has 0 amide bonds. The summed E-state index contributed by atoms with van der Waals surface area (Å²) in [6, 6.07) is 36.9. The summed E-state index contributed by atoms with van der Waals surface area (Å²) in [7, 11) is 0. The first kappa shape index (κ1) is 24.4. The predicted molar refractivity (Wildman–Crippen MR) is 176 cm³/mol. The Balaban J connectivity index is 1.40. The number of aromatic nitrogens is 1. The number of para-hydroxylation sites is 2. The Morgan fingerprint density at radius 3 is 1.91 bits per heavy atom. The molecule has 3 heteroatoms. The maximum Gasteiger partial charge on any atom is 0.144 e. The van der Waals surface area contributed by atoms with Crippen molar-refractivity contribution < 1.29 is 8.83 Å². The van der Waals surface area contributed by atoms with Crippen LogP contribution in [0.1, 0.15) is 37.8 Å². The molecular weight excluding hydrogens is 526 g/mol. The molecule has 0 saturated carbocycles. The van der Waals surface area contributed by atoms with Crippen LogP contribution in [0, 0.1) is 0 Å². The molecule has 0 N–H and O–H groups in total. The summed E-state index contributed by atoms with van der Waals surface area (Å²) in [5.41, 5.74) is 13.4. The molecule has 0 atom stereocenters. The third-order valence-electron chi connectivity index (χ3n) is 9.89. The van der Waals surface area contributed by atoms with Crippen molar-refractivity contribution in [1.82, 2.24) is 4.98 Å². The molecule has 3 nitrogen and oxygen atoms in total. The van der Waals surface area contributed by atoms with Gasteiger partial charge in [-0.15, -0.1) is 0 Å². The van der Waals surface area contributed by atoms with Crippen molar-refractivity contribution in [1.29, 1.82) is 0 Å². The van der Waals surface area contributed by atoms with Crippen LogP contribution in [0.15, 0.2) is 124 Å². The molecule has 0 radical (unpaired) electrons. The van der Waals surface area contributed by atoms with E-state index in [4.69, 9.17) is 8.83 Å². The van der Waals surface area contributed by atoms with Gasteiger partial charge in [-0.1, -0.05) is 86.6 Å². The summed E-state index contributed by atoms with van der Waals surface area (Å²) in [6.07, 6.45) is 5.66. The van der Waals surface area contributed by atoms with Crippen molar-refractivity contribution in [2.24, 2.45) is 0 Å². The van der Waals surface area contributed by atoms with Crippen LogP contribution in [-0.4, -0.2) is 4.98 Å². The van der Waals surface area contributed by atoms with E-state index in [1.165, 1.54) is 38.9 Å². The number of pyridine rings is 1. The Hall–Kier alpha value is -5.15. The minimum absolute atomic E-state index is 0.142. The maximum atomic E-state index is 6.86. The van der Waals surface area contributed by atoms with Gasteiger partial charge in [0.1, 0.15) is 22.3 Å². The summed E-state index contributed by atoms with van der Waals surface area (Å²) >= 11 is 0. The third kappa shape index (κ3) is 3.22. The Labute approximate surface area is 249 Å². The maximum absolute atomic E-state index is 6.86. The summed E-state index contributed by atoms with van der Waals surface area (Å²) in [5.74, 6) is 0. The van der Waals surface area contributed by atoms with Crippen molar-refractivity contribution >= 4 is 43.9 Å². The number of furan rings is 2. The lowest BCUT2D eigenvalue weighted by molar-refractivity contribution is 0.490. The molecule has 0 aliphatic heterocycles. The molecule has 0 bridgehead atoms. The minimum Gasteiger partial charge on any atom is -0.455 e. The Kier molecular flexibility index (Phi) is 5.07. The normalized spacial score (nSPS) is 13.7. The summed E-state index contributed by atoms with van der Waals surface area (Å²) in [6.45, 7) is 4.63. The molecule has 8 aromatic rings. The molecule has 3 aromatic heterocycles. The molecule has 9 rings (SSSR count). The first-order valence-electron chi connectivity index (χ1n) is 15.2. The lowest BCUT2D eigenvalue weighted by Gasteiger charge is -2.30.